The third-order valence-electron chi connectivity index (χ3n) is 14.1. The Morgan fingerprint density at radius 3 is 1.71 bits per heavy atom. The highest BCUT2D eigenvalue weighted by atomic mass is 16.5. The van der Waals surface area contributed by atoms with Crippen LogP contribution in [-0.2, 0) is 16.2 Å². The van der Waals surface area contributed by atoms with Crippen LogP contribution >= 0.6 is 0 Å². The average Bonchev–Trinajstić information content (AvgIpc) is 3.76. The monoisotopic (exact) mass is 747 g/mol. The van der Waals surface area contributed by atoms with Crippen molar-refractivity contribution in [3.05, 3.63) is 209 Å². The zero-order valence-corrected chi connectivity index (χ0v) is 33.0. The van der Waals surface area contributed by atoms with Gasteiger partial charge in [-0.05, 0) is 116 Å². The van der Waals surface area contributed by atoms with E-state index in [1.54, 1.807) is 0 Å². The zero-order chi connectivity index (χ0) is 39.0. The van der Waals surface area contributed by atoms with E-state index in [4.69, 9.17) is 9.15 Å². The summed E-state index contributed by atoms with van der Waals surface area (Å²) in [4.78, 5) is 2.43. The van der Waals surface area contributed by atoms with E-state index in [1.165, 1.54) is 44.5 Å². The highest BCUT2D eigenvalue weighted by Crippen LogP contribution is 2.63. The Morgan fingerprint density at radius 2 is 0.983 bits per heavy atom. The fourth-order valence-electron chi connectivity index (χ4n) is 10.7. The topological polar surface area (TPSA) is 25.6 Å². The van der Waals surface area contributed by atoms with Crippen LogP contribution in [0.5, 0.6) is 11.5 Å². The summed E-state index contributed by atoms with van der Waals surface area (Å²) in [5.41, 5.74) is 16.9. The number of furan rings is 1. The van der Waals surface area contributed by atoms with Crippen molar-refractivity contribution in [1.29, 1.82) is 0 Å². The molecule has 2 aliphatic carbocycles. The maximum atomic E-state index is 6.98. The molecule has 0 radical (unpaired) electrons. The molecule has 0 amide bonds. The molecule has 2 heterocycles. The first kappa shape index (κ1) is 33.3. The Morgan fingerprint density at radius 1 is 0.397 bits per heavy atom. The number of benzene rings is 8. The smallest absolute Gasteiger partial charge is 0.137 e. The molecule has 0 fully saturated rings. The van der Waals surface area contributed by atoms with Crippen molar-refractivity contribution < 1.29 is 9.15 Å². The second-order valence-corrected chi connectivity index (χ2v) is 17.2. The molecule has 58 heavy (non-hydrogen) atoms. The molecule has 3 heteroatoms. The predicted molar refractivity (Wildman–Crippen MR) is 237 cm³/mol. The van der Waals surface area contributed by atoms with Crippen LogP contribution in [-0.4, -0.2) is 0 Å². The summed E-state index contributed by atoms with van der Waals surface area (Å²) in [7, 11) is 0. The maximum absolute atomic E-state index is 6.98. The van der Waals surface area contributed by atoms with E-state index in [0.717, 1.165) is 61.6 Å². The minimum Gasteiger partial charge on any atom is -0.457 e. The third-order valence-corrected chi connectivity index (χ3v) is 14.1. The molecule has 3 nitrogen and oxygen atoms in total. The van der Waals surface area contributed by atoms with Gasteiger partial charge in [0.25, 0.3) is 0 Å². The van der Waals surface area contributed by atoms with Crippen LogP contribution in [0.2, 0.25) is 0 Å². The molecule has 0 atom stereocenters. The van der Waals surface area contributed by atoms with E-state index in [1.807, 2.05) is 0 Å². The van der Waals surface area contributed by atoms with Gasteiger partial charge in [-0.1, -0.05) is 143 Å². The molecule has 278 valence electrons. The van der Waals surface area contributed by atoms with E-state index in [2.05, 4.69) is 209 Å². The summed E-state index contributed by atoms with van der Waals surface area (Å²) in [5.74, 6) is 1.77. The molecule has 1 spiro atoms. The lowest BCUT2D eigenvalue weighted by Gasteiger charge is -2.48. The lowest BCUT2D eigenvalue weighted by atomic mass is 9.55. The van der Waals surface area contributed by atoms with Crippen molar-refractivity contribution in [2.75, 3.05) is 4.90 Å². The zero-order valence-electron chi connectivity index (χ0n) is 33.0. The minimum absolute atomic E-state index is 0.0763. The van der Waals surface area contributed by atoms with Crippen molar-refractivity contribution in [1.82, 2.24) is 0 Å². The van der Waals surface area contributed by atoms with Crippen molar-refractivity contribution >= 4 is 39.0 Å². The van der Waals surface area contributed by atoms with Crippen molar-refractivity contribution in [2.45, 2.75) is 43.9 Å². The standard InChI is InChI=1S/C55H41NO2/c1-53(2)41-21-10-8-19-36(41)38-30-29-35(31-45(38)54(53,3)4)56(34-17-6-5-7-18-34)47-25-16-28-50-52(47)40-32-39-37-20-9-11-22-42(37)55(46(39)33-51(40)58-50)43-23-12-14-26-48(43)57-49-27-15-13-24-44(49)55/h5-33H,1-4H3. The molecule has 1 aliphatic heterocycles. The molecule has 0 saturated carbocycles. The largest absolute Gasteiger partial charge is 0.457 e. The quantitative estimate of drug-likeness (QED) is 0.180. The highest BCUT2D eigenvalue weighted by molar-refractivity contribution is 6.15. The Labute approximate surface area is 338 Å². The van der Waals surface area contributed by atoms with Gasteiger partial charge < -0.3 is 14.1 Å². The first-order valence-corrected chi connectivity index (χ1v) is 20.3. The van der Waals surface area contributed by atoms with Gasteiger partial charge in [0, 0.05) is 27.9 Å². The fourth-order valence-corrected chi connectivity index (χ4v) is 10.7. The summed E-state index contributed by atoms with van der Waals surface area (Å²) >= 11 is 0. The van der Waals surface area contributed by atoms with Crippen LogP contribution in [0, 0.1) is 0 Å². The number of ether oxygens (including phenoxy) is 1. The summed E-state index contributed by atoms with van der Waals surface area (Å²) in [6.07, 6.45) is 0. The number of hydrogen-bond acceptors (Lipinski definition) is 3. The van der Waals surface area contributed by atoms with Gasteiger partial charge in [-0.3, -0.25) is 0 Å². The molecule has 0 bridgehead atoms. The average molecular weight is 748 g/mol. The Hall–Kier alpha value is -6.84. The molecular formula is C55H41NO2. The number of rotatable bonds is 3. The van der Waals surface area contributed by atoms with Crippen LogP contribution in [0.15, 0.2) is 180 Å². The molecule has 3 aliphatic rings. The van der Waals surface area contributed by atoms with Gasteiger partial charge >= 0.3 is 0 Å². The van der Waals surface area contributed by atoms with Crippen LogP contribution in [0.4, 0.5) is 17.1 Å². The van der Waals surface area contributed by atoms with E-state index in [0.29, 0.717) is 0 Å². The van der Waals surface area contributed by atoms with Gasteiger partial charge in [-0.25, -0.2) is 0 Å². The second kappa shape index (κ2) is 11.6. The van der Waals surface area contributed by atoms with Gasteiger partial charge in [0.1, 0.15) is 22.7 Å². The number of nitrogens with zero attached hydrogens (tertiary/aromatic N) is 1. The molecule has 12 rings (SSSR count). The summed E-state index contributed by atoms with van der Waals surface area (Å²) in [6.45, 7) is 9.60. The third kappa shape index (κ3) is 4.18. The summed E-state index contributed by atoms with van der Waals surface area (Å²) in [5, 5.41) is 2.19. The second-order valence-electron chi connectivity index (χ2n) is 17.2. The molecular weight excluding hydrogens is 707 g/mol. The predicted octanol–water partition coefficient (Wildman–Crippen LogP) is 14.8. The van der Waals surface area contributed by atoms with Gasteiger partial charge in [-0.15, -0.1) is 0 Å². The van der Waals surface area contributed by atoms with E-state index >= 15 is 0 Å². The summed E-state index contributed by atoms with van der Waals surface area (Å²) in [6, 6.07) is 64.0. The molecule has 1 aromatic heterocycles. The fraction of sp³-hybridized carbons (Fsp3) is 0.127. The highest BCUT2D eigenvalue weighted by Gasteiger charge is 2.51. The van der Waals surface area contributed by atoms with Crippen LogP contribution in [0.3, 0.4) is 0 Å². The number of fused-ring (bicyclic) bond motifs is 15. The first-order valence-electron chi connectivity index (χ1n) is 20.3. The lowest BCUT2D eigenvalue weighted by molar-refractivity contribution is 0.299. The van der Waals surface area contributed by atoms with Gasteiger partial charge in [-0.2, -0.15) is 0 Å². The van der Waals surface area contributed by atoms with Crippen molar-refractivity contribution in [3.63, 3.8) is 0 Å². The van der Waals surface area contributed by atoms with Gasteiger partial charge in [0.15, 0.2) is 0 Å². The number of hydrogen-bond donors (Lipinski definition) is 0. The van der Waals surface area contributed by atoms with Crippen LogP contribution in [0.25, 0.3) is 44.2 Å². The Balaban J connectivity index is 1.13. The lowest BCUT2D eigenvalue weighted by Crippen LogP contribution is -2.43. The normalized spacial score (nSPS) is 15.8. The van der Waals surface area contributed by atoms with E-state index in [9.17, 15) is 0 Å². The Bertz CT molecular complexity index is 3120. The van der Waals surface area contributed by atoms with Crippen molar-refractivity contribution in [2.24, 2.45) is 0 Å². The van der Waals surface area contributed by atoms with E-state index < -0.39 is 5.41 Å². The molecule has 0 N–H and O–H groups in total. The molecule has 9 aromatic rings. The molecule has 0 saturated heterocycles. The van der Waals surface area contributed by atoms with Gasteiger partial charge in [0.2, 0.25) is 0 Å². The van der Waals surface area contributed by atoms with Gasteiger partial charge in [0.05, 0.1) is 16.5 Å². The maximum Gasteiger partial charge on any atom is 0.137 e. The van der Waals surface area contributed by atoms with E-state index in [-0.39, 0.29) is 10.8 Å². The Kier molecular flexibility index (Phi) is 6.67. The number of anilines is 3. The van der Waals surface area contributed by atoms with Crippen LogP contribution in [0.1, 0.15) is 61.1 Å². The molecule has 0 unspecified atom stereocenters. The SMILES string of the molecule is CC1(C)c2ccccc2-c2ccc(N(c3ccccc3)c3cccc4oc5cc6c(cc5c34)-c3ccccc3C63c4ccccc4Oc4ccccc43)cc2C1(C)C. The van der Waals surface area contributed by atoms with Crippen LogP contribution < -0.4 is 9.64 Å². The summed E-state index contributed by atoms with van der Waals surface area (Å²) < 4.78 is 13.6. The minimum atomic E-state index is -0.564. The molecule has 8 aromatic carbocycles. The number of para-hydroxylation sites is 3. The first-order chi connectivity index (χ1) is 28.3. The van der Waals surface area contributed by atoms with Crippen molar-refractivity contribution in [3.8, 4) is 33.8 Å².